The van der Waals surface area contributed by atoms with Gasteiger partial charge in [0.25, 0.3) is 0 Å². The van der Waals surface area contributed by atoms with Crippen molar-refractivity contribution in [2.75, 3.05) is 13.1 Å². The van der Waals surface area contributed by atoms with E-state index in [2.05, 4.69) is 17.9 Å². The fraction of sp³-hybridized carbons (Fsp3) is 0.750. The summed E-state index contributed by atoms with van der Waals surface area (Å²) >= 11 is 0. The number of hydrogen-bond donors (Lipinski definition) is 0. The van der Waals surface area contributed by atoms with Gasteiger partial charge in [-0.15, -0.1) is 0 Å². The van der Waals surface area contributed by atoms with Gasteiger partial charge in [-0.25, -0.2) is 8.42 Å². The Balaban J connectivity index is 1.46. The van der Waals surface area contributed by atoms with Crippen LogP contribution in [0.5, 0.6) is 0 Å². The third-order valence-corrected chi connectivity index (χ3v) is 7.76. The highest BCUT2D eigenvalue weighted by Crippen LogP contribution is 2.39. The lowest BCUT2D eigenvalue weighted by molar-refractivity contribution is 0.220. The van der Waals surface area contributed by atoms with E-state index in [4.69, 9.17) is 4.42 Å². The molecule has 6 heteroatoms. The van der Waals surface area contributed by atoms with E-state index in [-0.39, 0.29) is 11.3 Å². The predicted molar refractivity (Wildman–Crippen MR) is 84.0 cm³/mol. The molecule has 1 aromatic heterocycles. The molecule has 0 bridgehead atoms. The lowest BCUT2D eigenvalue weighted by Gasteiger charge is -2.24. The number of nitrogens with zero attached hydrogens (tertiary/aromatic N) is 2. The zero-order valence-corrected chi connectivity index (χ0v) is 13.9. The molecular weight excluding hydrogens is 300 g/mol. The molecule has 0 aromatic carbocycles. The van der Waals surface area contributed by atoms with Gasteiger partial charge in [0.05, 0.1) is 11.8 Å². The second-order valence-corrected chi connectivity index (χ2v) is 8.92. The van der Waals surface area contributed by atoms with E-state index in [1.54, 1.807) is 0 Å². The normalized spacial score (nSPS) is 30.0. The molecule has 0 amide bonds. The summed E-state index contributed by atoms with van der Waals surface area (Å²) in [6.45, 7) is 4.56. The van der Waals surface area contributed by atoms with E-state index in [1.165, 1.54) is 0 Å². The van der Waals surface area contributed by atoms with Crippen LogP contribution in [0.15, 0.2) is 16.5 Å². The van der Waals surface area contributed by atoms with Crippen LogP contribution in [-0.2, 0) is 23.0 Å². The van der Waals surface area contributed by atoms with Crippen molar-refractivity contribution < 1.29 is 12.8 Å². The minimum Gasteiger partial charge on any atom is -0.465 e. The molecule has 22 heavy (non-hydrogen) atoms. The summed E-state index contributed by atoms with van der Waals surface area (Å²) < 4.78 is 32.7. The van der Waals surface area contributed by atoms with E-state index in [0.29, 0.717) is 12.6 Å². The first-order valence-electron chi connectivity index (χ1n) is 8.42. The van der Waals surface area contributed by atoms with Crippen molar-refractivity contribution in [3.05, 3.63) is 23.7 Å². The third kappa shape index (κ3) is 2.41. The smallest absolute Gasteiger partial charge is 0.217 e. The van der Waals surface area contributed by atoms with Gasteiger partial charge in [0.1, 0.15) is 11.5 Å². The van der Waals surface area contributed by atoms with E-state index in [9.17, 15) is 8.42 Å². The fourth-order valence-corrected chi connectivity index (χ4v) is 6.10. The minimum atomic E-state index is -3.03. The molecule has 2 atom stereocenters. The second-order valence-electron chi connectivity index (χ2n) is 6.76. The molecule has 3 fully saturated rings. The molecule has 3 aliphatic rings. The maximum Gasteiger partial charge on any atom is 0.217 e. The second kappa shape index (κ2) is 5.35. The SMILES string of the molecule is CCc1ccc(CN2CC[C@H]3[C@H]2CCN3S(=O)(=O)C2CC2)o1. The third-order valence-electron chi connectivity index (χ3n) is 5.34. The number of hydrogen-bond acceptors (Lipinski definition) is 4. The highest BCUT2D eigenvalue weighted by Gasteiger charge is 2.51. The van der Waals surface area contributed by atoms with Crippen molar-refractivity contribution in [1.82, 2.24) is 9.21 Å². The van der Waals surface area contributed by atoms with E-state index >= 15 is 0 Å². The van der Waals surface area contributed by atoms with Gasteiger partial charge < -0.3 is 4.42 Å². The quantitative estimate of drug-likeness (QED) is 0.831. The van der Waals surface area contributed by atoms with Crippen molar-refractivity contribution in [2.24, 2.45) is 0 Å². The number of fused-ring (bicyclic) bond motifs is 1. The van der Waals surface area contributed by atoms with E-state index in [0.717, 1.165) is 56.7 Å². The zero-order valence-electron chi connectivity index (χ0n) is 13.1. The Morgan fingerprint density at radius 3 is 2.50 bits per heavy atom. The number of sulfonamides is 1. The molecule has 1 saturated carbocycles. The van der Waals surface area contributed by atoms with Crippen LogP contribution in [0.1, 0.15) is 44.1 Å². The van der Waals surface area contributed by atoms with E-state index in [1.807, 2.05) is 10.4 Å². The Hall–Kier alpha value is -0.850. The Morgan fingerprint density at radius 2 is 1.82 bits per heavy atom. The summed E-state index contributed by atoms with van der Waals surface area (Å²) in [5, 5.41) is -0.0857. The van der Waals surface area contributed by atoms with Crippen LogP contribution in [0.4, 0.5) is 0 Å². The monoisotopic (exact) mass is 324 g/mol. The van der Waals surface area contributed by atoms with Crippen molar-refractivity contribution >= 4 is 10.0 Å². The van der Waals surface area contributed by atoms with Crippen molar-refractivity contribution in [3.8, 4) is 0 Å². The first-order valence-corrected chi connectivity index (χ1v) is 9.92. The van der Waals surface area contributed by atoms with Crippen LogP contribution in [0, 0.1) is 0 Å². The van der Waals surface area contributed by atoms with Gasteiger partial charge in [-0.3, -0.25) is 4.90 Å². The van der Waals surface area contributed by atoms with Crippen molar-refractivity contribution in [1.29, 1.82) is 0 Å². The number of likely N-dealkylation sites (tertiary alicyclic amines) is 1. The largest absolute Gasteiger partial charge is 0.465 e. The highest BCUT2D eigenvalue weighted by atomic mass is 32.2. The molecule has 1 aliphatic carbocycles. The average molecular weight is 324 g/mol. The Morgan fingerprint density at radius 1 is 1.09 bits per heavy atom. The summed E-state index contributed by atoms with van der Waals surface area (Å²) in [6, 6.07) is 4.65. The zero-order chi connectivity index (χ0) is 15.3. The maximum atomic E-state index is 12.5. The summed E-state index contributed by atoms with van der Waals surface area (Å²) in [7, 11) is -3.03. The van der Waals surface area contributed by atoms with E-state index < -0.39 is 10.0 Å². The first kappa shape index (κ1) is 14.7. The predicted octanol–water partition coefficient (Wildman–Crippen LogP) is 1.98. The molecule has 2 aliphatic heterocycles. The van der Waals surface area contributed by atoms with Gasteiger partial charge in [-0.2, -0.15) is 4.31 Å². The van der Waals surface area contributed by atoms with Crippen LogP contribution >= 0.6 is 0 Å². The van der Waals surface area contributed by atoms with Gasteiger partial charge in [0.2, 0.25) is 10.0 Å². The molecule has 4 rings (SSSR count). The molecule has 1 aromatic rings. The number of aryl methyl sites for hydroxylation is 1. The van der Waals surface area contributed by atoms with Crippen molar-refractivity contribution in [3.63, 3.8) is 0 Å². The highest BCUT2D eigenvalue weighted by molar-refractivity contribution is 7.90. The fourth-order valence-electron chi connectivity index (χ4n) is 4.00. The topological polar surface area (TPSA) is 53.8 Å². The lowest BCUT2D eigenvalue weighted by Crippen LogP contribution is -2.41. The molecule has 0 unspecified atom stereocenters. The van der Waals surface area contributed by atoms with Gasteiger partial charge in [-0.1, -0.05) is 6.92 Å². The lowest BCUT2D eigenvalue weighted by atomic mass is 10.1. The van der Waals surface area contributed by atoms with Crippen LogP contribution in [-0.4, -0.2) is 48.0 Å². The summed E-state index contributed by atoms with van der Waals surface area (Å²) in [4.78, 5) is 2.41. The number of rotatable bonds is 5. The molecule has 2 saturated heterocycles. The van der Waals surface area contributed by atoms with Gasteiger partial charge in [0.15, 0.2) is 0 Å². The average Bonchev–Trinajstić information content (AvgIpc) is 2.96. The summed E-state index contributed by atoms with van der Waals surface area (Å²) in [5.74, 6) is 2.02. The van der Waals surface area contributed by atoms with Crippen LogP contribution in [0.3, 0.4) is 0 Å². The van der Waals surface area contributed by atoms with Crippen LogP contribution in [0.25, 0.3) is 0 Å². The molecular formula is C16H24N2O3S. The van der Waals surface area contributed by atoms with Crippen LogP contribution in [0.2, 0.25) is 0 Å². The van der Waals surface area contributed by atoms with Crippen molar-refractivity contribution in [2.45, 2.75) is 62.9 Å². The van der Waals surface area contributed by atoms with Gasteiger partial charge in [0, 0.05) is 31.6 Å². The molecule has 0 N–H and O–H groups in total. The number of furan rings is 1. The Kier molecular flexibility index (Phi) is 3.58. The minimum absolute atomic E-state index is 0.0857. The first-order chi connectivity index (χ1) is 10.6. The molecule has 0 radical (unpaired) electrons. The summed E-state index contributed by atoms with van der Waals surface area (Å²) in [6.07, 6.45) is 4.54. The Bertz CT molecular complexity index is 650. The molecule has 5 nitrogen and oxygen atoms in total. The molecule has 0 spiro atoms. The molecule has 122 valence electrons. The van der Waals surface area contributed by atoms with Gasteiger partial charge >= 0.3 is 0 Å². The maximum absolute atomic E-state index is 12.5. The van der Waals surface area contributed by atoms with Gasteiger partial charge in [-0.05, 0) is 37.8 Å². The molecule has 3 heterocycles. The van der Waals surface area contributed by atoms with Crippen LogP contribution < -0.4 is 0 Å². The Labute approximate surface area is 132 Å². The summed E-state index contributed by atoms with van der Waals surface area (Å²) in [5.41, 5.74) is 0. The standard InChI is InChI=1S/C16H24N2O3S/c1-2-12-3-4-13(21-12)11-17-9-7-16-15(17)8-10-18(16)22(19,20)14-5-6-14/h3-4,14-16H,2,5-11H2,1H3/t15-,16+/m1/s1.